The van der Waals surface area contributed by atoms with Gasteiger partial charge in [-0.3, -0.25) is 4.79 Å². The van der Waals surface area contributed by atoms with Crippen molar-refractivity contribution in [2.75, 3.05) is 6.54 Å². The highest BCUT2D eigenvalue weighted by Gasteiger charge is 2.27. The Kier molecular flexibility index (Phi) is 3.39. The van der Waals surface area contributed by atoms with Gasteiger partial charge in [-0.15, -0.1) is 17.7 Å². The van der Waals surface area contributed by atoms with Crippen molar-refractivity contribution in [2.24, 2.45) is 5.92 Å². The third-order valence-corrected chi connectivity index (χ3v) is 3.07. The number of nitrogens with zero attached hydrogens (tertiary/aromatic N) is 4. The minimum absolute atomic E-state index is 0.275. The fourth-order valence-electron chi connectivity index (χ4n) is 1.91. The average molecular weight is 243 g/mol. The lowest BCUT2D eigenvalue weighted by atomic mass is 9.92. The van der Waals surface area contributed by atoms with E-state index in [1.54, 1.807) is 4.68 Å². The minimum atomic E-state index is -0.799. The quantitative estimate of drug-likeness (QED) is 0.615. The Labute approximate surface area is 97.6 Å². The first kappa shape index (κ1) is 11.3. The van der Waals surface area contributed by atoms with Crippen molar-refractivity contribution in [1.82, 2.24) is 25.5 Å². The molecule has 2 heterocycles. The molecule has 1 aromatic rings. The van der Waals surface area contributed by atoms with Crippen molar-refractivity contribution in [3.63, 3.8) is 0 Å². The van der Waals surface area contributed by atoms with Gasteiger partial charge in [-0.2, -0.15) is 0 Å². The van der Waals surface area contributed by atoms with Crippen molar-refractivity contribution >= 4 is 18.6 Å². The van der Waals surface area contributed by atoms with Crippen LogP contribution in [0.1, 0.15) is 12.8 Å². The molecule has 0 radical (unpaired) electrons. The molecule has 1 aromatic heterocycles. The molecule has 0 amide bonds. The van der Waals surface area contributed by atoms with E-state index in [1.807, 2.05) is 0 Å². The summed E-state index contributed by atoms with van der Waals surface area (Å²) in [6.07, 6.45) is 1.53. The van der Waals surface area contributed by atoms with E-state index < -0.39 is 12.0 Å². The van der Waals surface area contributed by atoms with E-state index in [2.05, 4.69) is 33.5 Å². The van der Waals surface area contributed by atoms with Gasteiger partial charge in [-0.1, -0.05) is 0 Å². The lowest BCUT2D eigenvalue weighted by Gasteiger charge is -2.27. The van der Waals surface area contributed by atoms with Gasteiger partial charge in [0, 0.05) is 6.54 Å². The van der Waals surface area contributed by atoms with E-state index in [9.17, 15) is 4.79 Å². The molecule has 0 aromatic carbocycles. The first-order valence-electron chi connectivity index (χ1n) is 5.08. The summed E-state index contributed by atoms with van der Waals surface area (Å²) in [6, 6.07) is -0.460. The van der Waals surface area contributed by atoms with Crippen LogP contribution in [0.2, 0.25) is 0 Å². The Bertz CT molecular complexity index is 382. The highest BCUT2D eigenvalue weighted by Crippen LogP contribution is 2.19. The zero-order valence-corrected chi connectivity index (χ0v) is 9.47. The van der Waals surface area contributed by atoms with E-state index in [0.29, 0.717) is 24.7 Å². The van der Waals surface area contributed by atoms with Crippen LogP contribution in [-0.2, 0) is 11.3 Å². The molecule has 0 saturated carbocycles. The molecular formula is C8H13N5O2S. The number of tetrazole rings is 1. The lowest BCUT2D eigenvalue weighted by molar-refractivity contribution is -0.140. The number of nitrogens with one attached hydrogen (secondary N) is 1. The lowest BCUT2D eigenvalue weighted by Crippen LogP contribution is -2.44. The van der Waals surface area contributed by atoms with Gasteiger partial charge < -0.3 is 10.4 Å². The molecule has 1 fully saturated rings. The van der Waals surface area contributed by atoms with E-state index in [4.69, 9.17) is 5.11 Å². The predicted molar refractivity (Wildman–Crippen MR) is 57.2 cm³/mol. The summed E-state index contributed by atoms with van der Waals surface area (Å²) < 4.78 is 1.60. The van der Waals surface area contributed by atoms with Gasteiger partial charge in [-0.25, -0.2) is 4.68 Å². The van der Waals surface area contributed by atoms with E-state index in [-0.39, 0.29) is 5.92 Å². The van der Waals surface area contributed by atoms with Crippen molar-refractivity contribution < 1.29 is 9.90 Å². The van der Waals surface area contributed by atoms with E-state index in [0.717, 1.165) is 6.42 Å². The van der Waals surface area contributed by atoms with E-state index >= 15 is 0 Å². The zero-order chi connectivity index (χ0) is 11.5. The van der Waals surface area contributed by atoms with Gasteiger partial charge in [-0.05, 0) is 35.7 Å². The SMILES string of the molecule is O=C(O)C1CC(Cn2nnnc2S)CCN1. The van der Waals surface area contributed by atoms with Crippen LogP contribution in [0.25, 0.3) is 0 Å². The topological polar surface area (TPSA) is 92.9 Å². The molecular weight excluding hydrogens is 230 g/mol. The molecule has 2 rings (SSSR count). The number of carbonyl (C=O) groups is 1. The molecule has 16 heavy (non-hydrogen) atoms. The Hall–Kier alpha value is -1.15. The van der Waals surface area contributed by atoms with Crippen molar-refractivity contribution in [1.29, 1.82) is 0 Å². The Morgan fingerprint density at radius 2 is 2.50 bits per heavy atom. The molecule has 7 nitrogen and oxygen atoms in total. The maximum atomic E-state index is 10.8. The van der Waals surface area contributed by atoms with Crippen molar-refractivity contribution in [3.05, 3.63) is 0 Å². The number of hydrogen-bond donors (Lipinski definition) is 3. The average Bonchev–Trinajstić information content (AvgIpc) is 2.65. The third kappa shape index (κ3) is 2.50. The van der Waals surface area contributed by atoms with Gasteiger partial charge in [0.15, 0.2) is 0 Å². The van der Waals surface area contributed by atoms with Gasteiger partial charge in [0.1, 0.15) is 6.04 Å². The maximum Gasteiger partial charge on any atom is 0.320 e. The summed E-state index contributed by atoms with van der Waals surface area (Å²) in [7, 11) is 0. The van der Waals surface area contributed by atoms with Gasteiger partial charge in [0.2, 0.25) is 5.16 Å². The summed E-state index contributed by atoms with van der Waals surface area (Å²) in [4.78, 5) is 10.8. The summed E-state index contributed by atoms with van der Waals surface area (Å²) in [5.74, 6) is -0.524. The van der Waals surface area contributed by atoms with Crippen LogP contribution in [0.3, 0.4) is 0 Å². The second-order valence-electron chi connectivity index (χ2n) is 3.90. The van der Waals surface area contributed by atoms with Crippen molar-refractivity contribution in [2.45, 2.75) is 30.6 Å². The first-order chi connectivity index (χ1) is 7.66. The molecule has 8 heteroatoms. The van der Waals surface area contributed by atoms with Crippen LogP contribution in [0.5, 0.6) is 0 Å². The van der Waals surface area contributed by atoms with Gasteiger partial charge >= 0.3 is 5.97 Å². The minimum Gasteiger partial charge on any atom is -0.480 e. The highest BCUT2D eigenvalue weighted by atomic mass is 32.1. The smallest absolute Gasteiger partial charge is 0.320 e. The van der Waals surface area contributed by atoms with Crippen LogP contribution >= 0.6 is 12.6 Å². The molecule has 0 bridgehead atoms. The fraction of sp³-hybridized carbons (Fsp3) is 0.750. The monoisotopic (exact) mass is 243 g/mol. The number of aromatic nitrogens is 4. The van der Waals surface area contributed by atoms with Crippen LogP contribution in [-0.4, -0.2) is 43.9 Å². The third-order valence-electron chi connectivity index (χ3n) is 2.75. The van der Waals surface area contributed by atoms with Crippen LogP contribution in [0, 0.1) is 5.92 Å². The summed E-state index contributed by atoms with van der Waals surface area (Å²) in [5, 5.41) is 23.3. The molecule has 1 aliphatic rings. The fourth-order valence-corrected chi connectivity index (χ4v) is 2.07. The van der Waals surface area contributed by atoms with E-state index in [1.165, 1.54) is 0 Å². The summed E-state index contributed by atoms with van der Waals surface area (Å²) in [5.41, 5.74) is 0. The number of aliphatic carboxylic acids is 1. The Morgan fingerprint density at radius 1 is 1.69 bits per heavy atom. The molecule has 88 valence electrons. The molecule has 2 atom stereocenters. The number of hydrogen-bond acceptors (Lipinski definition) is 6. The number of piperidine rings is 1. The Morgan fingerprint density at radius 3 is 3.12 bits per heavy atom. The number of rotatable bonds is 3. The molecule has 1 saturated heterocycles. The Balaban J connectivity index is 1.95. The molecule has 2 unspecified atom stereocenters. The largest absolute Gasteiger partial charge is 0.480 e. The zero-order valence-electron chi connectivity index (χ0n) is 8.57. The van der Waals surface area contributed by atoms with Crippen LogP contribution in [0.15, 0.2) is 5.16 Å². The summed E-state index contributed by atoms with van der Waals surface area (Å²) in [6.45, 7) is 1.34. The number of carboxylic acid groups (broad SMARTS) is 1. The molecule has 1 aliphatic heterocycles. The summed E-state index contributed by atoms with van der Waals surface area (Å²) >= 11 is 4.11. The standard InChI is InChI=1S/C8H13N5O2S/c14-7(15)6-3-5(1-2-9-6)4-13-8(16)10-11-12-13/h5-6,9H,1-4H2,(H,14,15)(H,10,12,16). The molecule has 2 N–H and O–H groups in total. The van der Waals surface area contributed by atoms with Crippen LogP contribution < -0.4 is 5.32 Å². The van der Waals surface area contributed by atoms with Gasteiger partial charge in [0.25, 0.3) is 0 Å². The predicted octanol–water partition coefficient (Wildman–Crippen LogP) is -0.585. The van der Waals surface area contributed by atoms with Gasteiger partial charge in [0.05, 0.1) is 0 Å². The first-order valence-corrected chi connectivity index (χ1v) is 5.53. The highest BCUT2D eigenvalue weighted by molar-refractivity contribution is 7.80. The number of thiol groups is 1. The van der Waals surface area contributed by atoms with Crippen LogP contribution in [0.4, 0.5) is 0 Å². The second-order valence-corrected chi connectivity index (χ2v) is 4.30. The molecule has 0 aliphatic carbocycles. The van der Waals surface area contributed by atoms with Crippen molar-refractivity contribution in [3.8, 4) is 0 Å². The molecule has 0 spiro atoms. The number of carboxylic acids is 1. The maximum absolute atomic E-state index is 10.8. The normalized spacial score (nSPS) is 25.6. The second kappa shape index (κ2) is 4.79.